The molecule has 10 heteroatoms. The van der Waals surface area contributed by atoms with Crippen molar-refractivity contribution in [2.24, 2.45) is 0 Å². The van der Waals surface area contributed by atoms with Gasteiger partial charge in [0.2, 0.25) is 0 Å². The van der Waals surface area contributed by atoms with Crippen molar-refractivity contribution in [3.05, 3.63) is 71.1 Å². The Morgan fingerprint density at radius 2 is 1.88 bits per heavy atom. The number of hydrogen-bond acceptors (Lipinski definition) is 8. The summed E-state index contributed by atoms with van der Waals surface area (Å²) in [6.45, 7) is 8.43. The third-order valence-corrected chi connectivity index (χ3v) is 4.91. The largest absolute Gasteiger partial charge is 0.492 e. The van der Waals surface area contributed by atoms with Crippen molar-refractivity contribution in [2.75, 3.05) is 11.9 Å². The first kappa shape index (κ1) is 22.8. The zero-order chi connectivity index (χ0) is 24.1. The molecule has 0 spiro atoms. The number of rotatable bonds is 8. The second kappa shape index (κ2) is 10.1. The predicted octanol–water partition coefficient (Wildman–Crippen LogP) is 3.65. The molecule has 0 saturated heterocycles. The average molecular weight is 459 g/mol. The molecule has 0 fully saturated rings. The summed E-state index contributed by atoms with van der Waals surface area (Å²) < 4.78 is 5.39. The number of ether oxygens (including phenoxy) is 1. The van der Waals surface area contributed by atoms with E-state index in [0.29, 0.717) is 41.1 Å². The van der Waals surface area contributed by atoms with E-state index in [-0.39, 0.29) is 12.5 Å². The maximum absolute atomic E-state index is 12.7. The summed E-state index contributed by atoms with van der Waals surface area (Å²) in [4.78, 5) is 30.5. The summed E-state index contributed by atoms with van der Waals surface area (Å²) in [5.74, 6) is 2.22. The van der Waals surface area contributed by atoms with Gasteiger partial charge < -0.3 is 15.4 Å². The monoisotopic (exact) mass is 458 g/mol. The molecule has 0 unspecified atom stereocenters. The lowest BCUT2D eigenvalue weighted by Crippen LogP contribution is -2.25. The summed E-state index contributed by atoms with van der Waals surface area (Å²) >= 11 is 0. The topological polar surface area (TPSA) is 131 Å². The van der Waals surface area contributed by atoms with Gasteiger partial charge in [-0.15, -0.1) is 0 Å². The highest BCUT2D eigenvalue weighted by molar-refractivity contribution is 5.94. The molecule has 34 heavy (non-hydrogen) atoms. The number of carbonyl (C=O) groups excluding carboxylic acids is 1. The molecule has 0 saturated carbocycles. The first-order valence-corrected chi connectivity index (χ1v) is 10.9. The quantitative estimate of drug-likeness (QED) is 0.365. The number of aromatic amines is 1. The Balaban J connectivity index is 1.46. The van der Waals surface area contributed by atoms with Gasteiger partial charge in [0.1, 0.15) is 17.3 Å². The van der Waals surface area contributed by atoms with E-state index in [1.165, 1.54) is 0 Å². The van der Waals surface area contributed by atoms with Gasteiger partial charge in [-0.05, 0) is 51.5 Å². The van der Waals surface area contributed by atoms with Crippen LogP contribution in [0.25, 0.3) is 11.4 Å². The molecule has 0 atom stereocenters. The Labute approximate surface area is 197 Å². The van der Waals surface area contributed by atoms with Gasteiger partial charge >= 0.3 is 0 Å². The van der Waals surface area contributed by atoms with Gasteiger partial charge in [0.25, 0.3) is 5.91 Å². The number of pyridine rings is 2. The van der Waals surface area contributed by atoms with Crippen molar-refractivity contribution in [3.8, 4) is 17.1 Å². The molecule has 4 aromatic heterocycles. The van der Waals surface area contributed by atoms with Crippen LogP contribution in [-0.4, -0.2) is 42.6 Å². The molecule has 4 rings (SSSR count). The van der Waals surface area contributed by atoms with E-state index in [1.54, 1.807) is 12.4 Å². The number of nitrogens with one attached hydrogen (secondary N) is 3. The summed E-state index contributed by atoms with van der Waals surface area (Å²) in [6, 6.07) is 9.23. The predicted molar refractivity (Wildman–Crippen MR) is 128 cm³/mol. The van der Waals surface area contributed by atoms with Crippen LogP contribution >= 0.6 is 0 Å². The van der Waals surface area contributed by atoms with Gasteiger partial charge in [0, 0.05) is 35.3 Å². The lowest BCUT2D eigenvalue weighted by molar-refractivity contribution is 0.0945. The Hall–Kier alpha value is -4.34. The maximum Gasteiger partial charge on any atom is 0.270 e. The zero-order valence-corrected chi connectivity index (χ0v) is 19.5. The first-order chi connectivity index (χ1) is 16.4. The SMILES string of the molecule is CCOc1ccc(CNC(=O)c2ncc(-c3nc(C)cc(Nc4cc(C)[nH]n4)n3)cc2C)nc1. The lowest BCUT2D eigenvalue weighted by Gasteiger charge is -2.10. The second-order valence-corrected chi connectivity index (χ2v) is 7.77. The number of anilines is 2. The molecule has 4 aromatic rings. The molecule has 0 aromatic carbocycles. The average Bonchev–Trinajstić information content (AvgIpc) is 3.22. The highest BCUT2D eigenvalue weighted by Crippen LogP contribution is 2.21. The van der Waals surface area contributed by atoms with E-state index in [0.717, 1.165) is 22.6 Å². The Kier molecular flexibility index (Phi) is 6.77. The van der Waals surface area contributed by atoms with Crippen molar-refractivity contribution in [1.82, 2.24) is 35.5 Å². The van der Waals surface area contributed by atoms with Crippen LogP contribution in [0.3, 0.4) is 0 Å². The molecule has 0 aliphatic carbocycles. The Bertz CT molecular complexity index is 1300. The van der Waals surface area contributed by atoms with Gasteiger partial charge in [-0.25, -0.2) is 9.97 Å². The number of H-pyrrole nitrogens is 1. The molecule has 0 bridgehead atoms. The van der Waals surface area contributed by atoms with E-state index in [4.69, 9.17) is 4.74 Å². The Morgan fingerprint density at radius 1 is 1.03 bits per heavy atom. The number of nitrogens with zero attached hydrogens (tertiary/aromatic N) is 5. The lowest BCUT2D eigenvalue weighted by atomic mass is 10.1. The van der Waals surface area contributed by atoms with Crippen LogP contribution in [0, 0.1) is 20.8 Å². The zero-order valence-electron chi connectivity index (χ0n) is 19.5. The van der Waals surface area contributed by atoms with Crippen molar-refractivity contribution in [1.29, 1.82) is 0 Å². The minimum absolute atomic E-state index is 0.277. The van der Waals surface area contributed by atoms with Crippen LogP contribution in [0.1, 0.15) is 40.1 Å². The highest BCUT2D eigenvalue weighted by atomic mass is 16.5. The molecule has 0 aliphatic heterocycles. The summed E-state index contributed by atoms with van der Waals surface area (Å²) in [5.41, 5.74) is 4.24. The molecular weight excluding hydrogens is 432 g/mol. The van der Waals surface area contributed by atoms with Crippen molar-refractivity contribution in [2.45, 2.75) is 34.2 Å². The third-order valence-electron chi connectivity index (χ3n) is 4.91. The van der Waals surface area contributed by atoms with E-state index >= 15 is 0 Å². The molecule has 10 nitrogen and oxygen atoms in total. The van der Waals surface area contributed by atoms with E-state index in [2.05, 4.69) is 40.8 Å². The smallest absolute Gasteiger partial charge is 0.270 e. The van der Waals surface area contributed by atoms with Crippen molar-refractivity contribution >= 4 is 17.5 Å². The first-order valence-electron chi connectivity index (χ1n) is 10.9. The minimum atomic E-state index is -0.277. The van der Waals surface area contributed by atoms with Gasteiger partial charge in [-0.3, -0.25) is 19.9 Å². The number of carbonyl (C=O) groups is 1. The number of amides is 1. The summed E-state index contributed by atoms with van der Waals surface area (Å²) in [5, 5.41) is 13.1. The highest BCUT2D eigenvalue weighted by Gasteiger charge is 2.14. The summed E-state index contributed by atoms with van der Waals surface area (Å²) in [7, 11) is 0. The van der Waals surface area contributed by atoms with Gasteiger partial charge in [0.15, 0.2) is 11.6 Å². The van der Waals surface area contributed by atoms with E-state index in [9.17, 15) is 4.79 Å². The fraction of sp³-hybridized carbons (Fsp3) is 0.250. The van der Waals surface area contributed by atoms with Gasteiger partial charge in [-0.1, -0.05) is 0 Å². The molecule has 4 heterocycles. The molecule has 0 aliphatic rings. The van der Waals surface area contributed by atoms with Crippen LogP contribution in [0.2, 0.25) is 0 Å². The third kappa shape index (κ3) is 5.52. The van der Waals surface area contributed by atoms with Crippen LogP contribution in [0.15, 0.2) is 42.7 Å². The summed E-state index contributed by atoms with van der Waals surface area (Å²) in [6.07, 6.45) is 3.25. The second-order valence-electron chi connectivity index (χ2n) is 7.77. The minimum Gasteiger partial charge on any atom is -0.492 e. The number of aryl methyl sites for hydroxylation is 3. The normalized spacial score (nSPS) is 10.7. The maximum atomic E-state index is 12.7. The van der Waals surface area contributed by atoms with E-state index in [1.807, 2.05) is 58.0 Å². The molecule has 1 amide bonds. The molecule has 3 N–H and O–H groups in total. The van der Waals surface area contributed by atoms with Crippen LogP contribution < -0.4 is 15.4 Å². The molecule has 174 valence electrons. The fourth-order valence-corrected chi connectivity index (χ4v) is 3.33. The van der Waals surface area contributed by atoms with Gasteiger partial charge in [-0.2, -0.15) is 5.10 Å². The number of aromatic nitrogens is 6. The fourth-order valence-electron chi connectivity index (χ4n) is 3.33. The van der Waals surface area contributed by atoms with Crippen molar-refractivity contribution in [3.63, 3.8) is 0 Å². The van der Waals surface area contributed by atoms with E-state index < -0.39 is 0 Å². The molecule has 0 radical (unpaired) electrons. The van der Waals surface area contributed by atoms with Crippen LogP contribution in [-0.2, 0) is 6.54 Å². The standard InChI is InChI=1S/C24H26N8O2/c1-5-34-19-7-6-18(25-13-19)12-27-24(33)22-14(2)8-17(11-26-22)23-28-15(3)9-20(30-23)29-21-10-16(4)31-32-21/h6-11,13H,5,12H2,1-4H3,(H,27,33)(H2,28,29,30,31,32). The van der Waals surface area contributed by atoms with Crippen molar-refractivity contribution < 1.29 is 9.53 Å². The Morgan fingerprint density at radius 3 is 2.56 bits per heavy atom. The van der Waals surface area contributed by atoms with Crippen LogP contribution in [0.5, 0.6) is 5.75 Å². The van der Waals surface area contributed by atoms with Crippen LogP contribution in [0.4, 0.5) is 11.6 Å². The van der Waals surface area contributed by atoms with Gasteiger partial charge in [0.05, 0.1) is 25.0 Å². The number of hydrogen-bond donors (Lipinski definition) is 3. The molecular formula is C24H26N8O2.